The van der Waals surface area contributed by atoms with Crippen molar-refractivity contribution in [1.29, 1.82) is 0 Å². The predicted molar refractivity (Wildman–Crippen MR) is 168 cm³/mol. The van der Waals surface area contributed by atoms with Crippen molar-refractivity contribution in [2.45, 2.75) is 19.6 Å². The number of aromatic nitrogens is 6. The van der Waals surface area contributed by atoms with E-state index >= 15 is 0 Å². The summed E-state index contributed by atoms with van der Waals surface area (Å²) in [5.41, 5.74) is 3.81. The molecule has 213 valence electrons. The van der Waals surface area contributed by atoms with Crippen molar-refractivity contribution >= 4 is 37.8 Å². The van der Waals surface area contributed by atoms with Crippen molar-refractivity contribution in [3.63, 3.8) is 0 Å². The molecule has 0 aliphatic heterocycles. The molecule has 0 saturated heterocycles. The average Bonchev–Trinajstić information content (AvgIpc) is 3.77. The summed E-state index contributed by atoms with van der Waals surface area (Å²) >= 11 is -1.92. The van der Waals surface area contributed by atoms with Crippen molar-refractivity contribution < 1.29 is 14.7 Å². The molecule has 6 nitrogen and oxygen atoms in total. The van der Waals surface area contributed by atoms with E-state index in [1.165, 1.54) is 16.7 Å². The summed E-state index contributed by atoms with van der Waals surface area (Å²) in [6.45, 7) is 2.54. The first-order valence-electron chi connectivity index (χ1n) is 12.2. The average molecular weight is 660 g/mol. The van der Waals surface area contributed by atoms with Gasteiger partial charge in [0.1, 0.15) is 0 Å². The Bertz CT molecular complexity index is 1220. The van der Waals surface area contributed by atoms with E-state index in [1.54, 1.807) is 18.6 Å². The van der Waals surface area contributed by atoms with Crippen LogP contribution in [0.25, 0.3) is 0 Å². The molecule has 0 radical (unpaired) electrons. The fraction of sp³-hybridized carbons (Fsp3) is 0.100. The van der Waals surface area contributed by atoms with Gasteiger partial charge in [0.2, 0.25) is 0 Å². The molecule has 3 aromatic carbocycles. The van der Waals surface area contributed by atoms with Crippen LogP contribution in [0, 0.1) is 19.0 Å². The first kappa shape index (κ1) is 34.5. The van der Waals surface area contributed by atoms with E-state index < -0.39 is 14.7 Å². The summed E-state index contributed by atoms with van der Waals surface area (Å²) in [5.74, 6) is 0. The Hall–Kier alpha value is -2.70. The molecule has 0 aliphatic rings. The third-order valence-electron chi connectivity index (χ3n) is 5.11. The Kier molecular flexibility index (Phi) is 17.7. The van der Waals surface area contributed by atoms with E-state index in [1.807, 2.05) is 86.9 Å². The maximum absolute atomic E-state index is 4.97. The van der Waals surface area contributed by atoms with Crippen LogP contribution >= 0.6 is 37.8 Å². The van der Waals surface area contributed by atoms with Crippen LogP contribution in [0.4, 0.5) is 0 Å². The van der Waals surface area contributed by atoms with Gasteiger partial charge in [0.15, 0.2) is 0 Å². The van der Waals surface area contributed by atoms with Crippen LogP contribution in [0.3, 0.4) is 0 Å². The van der Waals surface area contributed by atoms with E-state index in [0.717, 1.165) is 19.6 Å². The second kappa shape index (κ2) is 21.1. The van der Waals surface area contributed by atoms with Gasteiger partial charge in [-0.1, -0.05) is 91.0 Å². The molecule has 3 aromatic heterocycles. The zero-order chi connectivity index (χ0) is 28.3. The zero-order valence-corrected chi connectivity index (χ0v) is 27.5. The minimum Gasteiger partial charge on any atom is -0.450 e. The van der Waals surface area contributed by atoms with Gasteiger partial charge in [-0.15, -0.1) is 37.2 Å². The molecule has 1 unspecified atom stereocenters. The number of halogens is 3. The van der Waals surface area contributed by atoms with Crippen LogP contribution in [0.15, 0.2) is 128 Å². The van der Waals surface area contributed by atoms with Gasteiger partial charge in [-0.05, 0) is 16.7 Å². The van der Waals surface area contributed by atoms with Crippen LogP contribution in [0.2, 0.25) is 0 Å². The molecule has 6 aromatic rings. The molecule has 0 aliphatic carbocycles. The van der Waals surface area contributed by atoms with Gasteiger partial charge in [-0.3, -0.25) is 0 Å². The zero-order valence-electron chi connectivity index (χ0n) is 22.3. The number of nitrogens with zero attached hydrogens (tertiary/aromatic N) is 6. The van der Waals surface area contributed by atoms with Crippen LogP contribution in [0.1, 0.15) is 16.7 Å². The Morgan fingerprint density at radius 3 is 0.927 bits per heavy atom. The van der Waals surface area contributed by atoms with Crippen molar-refractivity contribution in [2.75, 3.05) is 0 Å². The van der Waals surface area contributed by atoms with Gasteiger partial charge in [0.05, 0.1) is 0 Å². The molecule has 0 spiro atoms. The molecule has 1 atom stereocenters. The molecule has 0 amide bonds. The van der Waals surface area contributed by atoms with Crippen molar-refractivity contribution in [3.05, 3.63) is 164 Å². The van der Waals surface area contributed by atoms with Gasteiger partial charge in [0, 0.05) is 38.6 Å². The standard InChI is InChI=1S/3C10H9N2.3ClH.H3P.Ti/c3*1-2-4-10(5-3-1)8-12-7-6-11-9-12;;;;;/h3*1-7H,8H2;3*1H;1H3;/q3*-1;;;;;+3/p-3. The van der Waals surface area contributed by atoms with Crippen molar-refractivity contribution in [1.82, 2.24) is 28.7 Å². The Labute approximate surface area is 263 Å². The second-order valence-corrected chi connectivity index (χ2v) is 15.9. The second-order valence-electron chi connectivity index (χ2n) is 8.14. The van der Waals surface area contributed by atoms with Crippen molar-refractivity contribution in [3.8, 4) is 0 Å². The molecule has 0 bridgehead atoms. The van der Waals surface area contributed by atoms with E-state index in [-0.39, 0.29) is 9.90 Å². The largest absolute Gasteiger partial charge is 0.450 e. The quantitative estimate of drug-likeness (QED) is 0.107. The van der Waals surface area contributed by atoms with E-state index in [2.05, 4.69) is 70.3 Å². The first-order valence-corrected chi connectivity index (χ1v) is 18.6. The number of imidazole rings is 3. The van der Waals surface area contributed by atoms with Crippen LogP contribution in [-0.4, -0.2) is 28.7 Å². The minimum absolute atomic E-state index is 0. The molecule has 11 heteroatoms. The maximum atomic E-state index is 4.97. The minimum atomic E-state index is -1.92. The van der Waals surface area contributed by atoms with E-state index in [4.69, 9.17) is 27.9 Å². The normalized spacial score (nSPS) is 9.44. The Morgan fingerprint density at radius 2 is 0.732 bits per heavy atom. The third-order valence-corrected chi connectivity index (χ3v) is 5.11. The molecule has 41 heavy (non-hydrogen) atoms. The molecule has 0 saturated carbocycles. The molecule has 0 fully saturated rings. The summed E-state index contributed by atoms with van der Waals surface area (Å²) < 4.78 is 5.78. The third kappa shape index (κ3) is 15.8. The molecule has 0 N–H and O–H groups in total. The number of rotatable bonds is 6. The van der Waals surface area contributed by atoms with E-state index in [0.29, 0.717) is 0 Å². The Balaban J connectivity index is 0.000000200. The number of hydrogen-bond acceptors (Lipinski definition) is 3. The van der Waals surface area contributed by atoms with E-state index in [9.17, 15) is 0 Å². The topological polar surface area (TPSA) is 53.5 Å². The van der Waals surface area contributed by atoms with Crippen LogP contribution in [0.5, 0.6) is 0 Å². The van der Waals surface area contributed by atoms with Gasteiger partial charge >= 0.3 is 42.6 Å². The summed E-state index contributed by atoms with van der Waals surface area (Å²) in [4.78, 5) is 11.6. The summed E-state index contributed by atoms with van der Waals surface area (Å²) in [6, 6.07) is 30.8. The van der Waals surface area contributed by atoms with Crippen molar-refractivity contribution in [2.24, 2.45) is 0 Å². The fourth-order valence-electron chi connectivity index (χ4n) is 3.37. The van der Waals surface area contributed by atoms with Gasteiger partial charge < -0.3 is 28.7 Å². The van der Waals surface area contributed by atoms with Crippen LogP contribution in [-0.2, 0) is 34.3 Å². The van der Waals surface area contributed by atoms with Crippen LogP contribution < -0.4 is 0 Å². The fourth-order valence-corrected chi connectivity index (χ4v) is 3.37. The molecule has 6 rings (SSSR count). The number of benzene rings is 3. The SMILES string of the molecule is P.[Cl][Ti]([Cl])[Cl].[c-]1nccn1Cc1ccccc1.[c-]1nccn1Cc1ccccc1.[c-]1nccn1Cc1ccccc1. The summed E-state index contributed by atoms with van der Waals surface area (Å²) in [6.07, 6.45) is 19.5. The molecular formula is C30H30Cl3N6PTi-3. The monoisotopic (exact) mass is 658 g/mol. The number of hydrogen-bond donors (Lipinski definition) is 0. The first-order chi connectivity index (χ1) is 19.6. The van der Waals surface area contributed by atoms with Gasteiger partial charge in [0.25, 0.3) is 0 Å². The maximum Gasteiger partial charge on any atom is 0.0247 e. The van der Waals surface area contributed by atoms with Gasteiger partial charge in [-0.2, -0.15) is 9.90 Å². The van der Waals surface area contributed by atoms with Gasteiger partial charge in [-0.25, -0.2) is 0 Å². The predicted octanol–water partition coefficient (Wildman–Crippen LogP) is 7.32. The summed E-state index contributed by atoms with van der Waals surface area (Å²) in [5, 5.41) is 0. The smallest absolute Gasteiger partial charge is 0.0247 e. The summed E-state index contributed by atoms with van der Waals surface area (Å²) in [7, 11) is 14.9. The molecule has 3 heterocycles. The molecular weight excluding hydrogens is 630 g/mol. The Morgan fingerprint density at radius 1 is 0.488 bits per heavy atom.